The van der Waals surface area contributed by atoms with Crippen LogP contribution in [0.2, 0.25) is 0 Å². The zero-order chi connectivity index (χ0) is 32.1. The first kappa shape index (κ1) is 31.9. The molecule has 44 heavy (non-hydrogen) atoms. The van der Waals surface area contributed by atoms with Crippen molar-refractivity contribution in [2.24, 2.45) is 16.5 Å². The average molecular weight is 605 g/mol. The van der Waals surface area contributed by atoms with Crippen LogP contribution in [0, 0.1) is 20.8 Å². The minimum Gasteiger partial charge on any atom is -0.493 e. The maximum atomic E-state index is 14.1. The number of methoxy groups -OCH3 is 1. The third-order valence-electron chi connectivity index (χ3n) is 7.36. The van der Waals surface area contributed by atoms with Crippen LogP contribution in [-0.4, -0.2) is 48.3 Å². The Morgan fingerprint density at radius 3 is 2.36 bits per heavy atom. The first-order valence-electron chi connectivity index (χ1n) is 14.3. The molecule has 2 aromatic carbocycles. The molecule has 1 aromatic heterocycles. The Bertz CT molecular complexity index is 1750. The van der Waals surface area contributed by atoms with E-state index in [0.717, 1.165) is 33.5 Å². The Morgan fingerprint density at radius 1 is 1.05 bits per heavy atom. The Morgan fingerprint density at radius 2 is 1.75 bits per heavy atom. The number of fused-ring (bicyclic) bond motifs is 3. The van der Waals surface area contributed by atoms with E-state index in [1.54, 1.807) is 11.7 Å². The van der Waals surface area contributed by atoms with Gasteiger partial charge in [0.1, 0.15) is 16.9 Å². The number of nitrogens with one attached hydrogen (secondary N) is 3. The molecule has 1 aliphatic heterocycles. The monoisotopic (exact) mass is 604 g/mol. The van der Waals surface area contributed by atoms with E-state index in [4.69, 9.17) is 25.9 Å². The lowest BCUT2D eigenvalue weighted by Crippen LogP contribution is -2.46. The average Bonchev–Trinajstić information content (AvgIpc) is 2.98. The van der Waals surface area contributed by atoms with Gasteiger partial charge in [0.2, 0.25) is 0 Å². The zero-order valence-corrected chi connectivity index (χ0v) is 26.0. The van der Waals surface area contributed by atoms with Crippen molar-refractivity contribution in [3.8, 4) is 22.8 Å². The van der Waals surface area contributed by atoms with Gasteiger partial charge < -0.3 is 31.7 Å². The highest BCUT2D eigenvalue weighted by Crippen LogP contribution is 2.37. The minimum atomic E-state index is -0.949. The molecule has 3 aromatic rings. The predicted octanol–water partition coefficient (Wildman–Crippen LogP) is 0.934. The minimum absolute atomic E-state index is 0.0372. The quantitative estimate of drug-likeness (QED) is 0.158. The largest absolute Gasteiger partial charge is 0.493 e. The van der Waals surface area contributed by atoms with Gasteiger partial charge in [-0.15, -0.1) is 0 Å². The maximum absolute atomic E-state index is 14.1. The van der Waals surface area contributed by atoms with Gasteiger partial charge in [-0.25, -0.2) is 15.2 Å². The van der Waals surface area contributed by atoms with Gasteiger partial charge in [0.25, 0.3) is 11.8 Å². The van der Waals surface area contributed by atoms with Crippen LogP contribution >= 0.6 is 0 Å². The van der Waals surface area contributed by atoms with Gasteiger partial charge in [-0.1, -0.05) is 17.7 Å². The van der Waals surface area contributed by atoms with E-state index in [1.807, 2.05) is 58.0 Å². The third kappa shape index (κ3) is 6.47. The number of hydrogen-bond donors (Lipinski definition) is 5. The number of primary amides is 1. The van der Waals surface area contributed by atoms with Crippen molar-refractivity contribution in [2.75, 3.05) is 27.3 Å². The number of nitrogens with two attached hydrogens (primary N) is 2. The number of aromatic nitrogens is 2. The number of carbonyl (C=O) groups is 2. The second-order valence-corrected chi connectivity index (χ2v) is 10.5. The number of aryl methyl sites for hydroxylation is 4. The van der Waals surface area contributed by atoms with Crippen molar-refractivity contribution in [3.05, 3.63) is 80.0 Å². The van der Waals surface area contributed by atoms with Crippen LogP contribution in [-0.2, 0) is 29.1 Å². The molecule has 2 amide bonds. The van der Waals surface area contributed by atoms with Gasteiger partial charge in [-0.3, -0.25) is 18.7 Å². The molecule has 0 spiro atoms. The molecule has 4 rings (SSSR count). The standard InChI is InChI=1S/C31H40N8O5/c1-7-44-24-14-20-8-10-38-22(21(20)15-23(24)43-6)16-25(36-27-18(3)12-17(2)13-19(27)4)39(31(38)42)11-9-35-30(41)28(37-34-5)26(32)29(33)40/h12-16,34,37H,7-11,32H2,1-6H3,(H2,33,40)(H,35,41)/b28-26-,36-25+. The fourth-order valence-electron chi connectivity index (χ4n) is 5.40. The Kier molecular flexibility index (Phi) is 9.79. The lowest BCUT2D eigenvalue weighted by atomic mass is 9.97. The number of hydrazine groups is 1. The number of amides is 2. The first-order chi connectivity index (χ1) is 21.0. The fourth-order valence-corrected chi connectivity index (χ4v) is 5.40. The number of rotatable bonds is 11. The zero-order valence-electron chi connectivity index (χ0n) is 26.0. The molecule has 0 unspecified atom stereocenters. The molecular formula is C31H40N8O5. The number of hydrogen-bond acceptors (Lipinski definition) is 9. The maximum Gasteiger partial charge on any atom is 0.330 e. The molecule has 0 saturated heterocycles. The third-order valence-corrected chi connectivity index (χ3v) is 7.36. The van der Waals surface area contributed by atoms with Gasteiger partial charge in [-0.05, 0) is 62.9 Å². The fraction of sp³-hybridized carbons (Fsp3) is 0.355. The van der Waals surface area contributed by atoms with Crippen LogP contribution in [0.4, 0.5) is 5.69 Å². The number of benzene rings is 2. The summed E-state index contributed by atoms with van der Waals surface area (Å²) >= 11 is 0. The van der Waals surface area contributed by atoms with Crippen LogP contribution in [0.3, 0.4) is 0 Å². The van der Waals surface area contributed by atoms with Gasteiger partial charge in [0.05, 0.1) is 25.1 Å². The summed E-state index contributed by atoms with van der Waals surface area (Å²) in [6.45, 7) is 8.98. The molecule has 13 nitrogen and oxygen atoms in total. The van der Waals surface area contributed by atoms with E-state index in [1.165, 1.54) is 11.6 Å². The summed E-state index contributed by atoms with van der Waals surface area (Å²) in [4.78, 5) is 43.5. The molecule has 1 aliphatic rings. The highest BCUT2D eigenvalue weighted by molar-refractivity contribution is 6.03. The Labute approximate surface area is 255 Å². The molecule has 0 bridgehead atoms. The van der Waals surface area contributed by atoms with E-state index in [9.17, 15) is 14.4 Å². The van der Waals surface area contributed by atoms with Crippen LogP contribution in [0.15, 0.2) is 51.5 Å². The van der Waals surface area contributed by atoms with Crippen LogP contribution in [0.5, 0.6) is 11.5 Å². The highest BCUT2D eigenvalue weighted by Gasteiger charge is 2.23. The van der Waals surface area contributed by atoms with Gasteiger partial charge in [-0.2, -0.15) is 0 Å². The van der Waals surface area contributed by atoms with Crippen LogP contribution in [0.1, 0.15) is 29.2 Å². The van der Waals surface area contributed by atoms with Crippen molar-refractivity contribution in [1.82, 2.24) is 25.3 Å². The first-order valence-corrected chi connectivity index (χ1v) is 14.3. The van der Waals surface area contributed by atoms with Crippen molar-refractivity contribution in [1.29, 1.82) is 0 Å². The van der Waals surface area contributed by atoms with E-state index in [0.29, 0.717) is 42.3 Å². The van der Waals surface area contributed by atoms with Crippen molar-refractivity contribution < 1.29 is 19.1 Å². The van der Waals surface area contributed by atoms with Crippen LogP contribution < -0.4 is 48.3 Å². The van der Waals surface area contributed by atoms with Gasteiger partial charge in [0, 0.05) is 38.3 Å². The number of carbonyl (C=O) groups excluding carboxylic acids is 2. The van der Waals surface area contributed by atoms with E-state index in [2.05, 4.69) is 16.2 Å². The molecule has 0 fully saturated rings. The Hall–Kier alpha value is -5.04. The van der Waals surface area contributed by atoms with Crippen molar-refractivity contribution in [3.63, 3.8) is 0 Å². The summed E-state index contributed by atoms with van der Waals surface area (Å²) < 4.78 is 14.6. The summed E-state index contributed by atoms with van der Waals surface area (Å²) in [6.07, 6.45) is 0.617. The molecule has 0 saturated carbocycles. The topological polar surface area (TPSA) is 180 Å². The summed E-state index contributed by atoms with van der Waals surface area (Å²) in [7, 11) is 3.10. The predicted molar refractivity (Wildman–Crippen MR) is 167 cm³/mol. The summed E-state index contributed by atoms with van der Waals surface area (Å²) in [6, 6.07) is 9.84. The SMILES string of the molecule is CCOc1cc2c(cc1OC)-c1c/c(=N\c3c(C)cc(C)cc3C)n(CCNC(=O)/C(NNC)=C(/N)C(N)=O)c(=O)n1CC2. The second kappa shape index (κ2) is 13.5. The molecule has 234 valence electrons. The molecule has 0 atom stereocenters. The smallest absolute Gasteiger partial charge is 0.330 e. The van der Waals surface area contributed by atoms with Crippen molar-refractivity contribution >= 4 is 17.5 Å². The molecule has 2 heterocycles. The normalized spacial score (nSPS) is 13.0. The highest BCUT2D eigenvalue weighted by atomic mass is 16.5. The second-order valence-electron chi connectivity index (χ2n) is 10.5. The van der Waals surface area contributed by atoms with Crippen molar-refractivity contribution in [2.45, 2.75) is 47.2 Å². The summed E-state index contributed by atoms with van der Waals surface area (Å²) in [5.74, 6) is -0.385. The molecular weight excluding hydrogens is 564 g/mol. The van der Waals surface area contributed by atoms with Gasteiger partial charge >= 0.3 is 5.69 Å². The van der Waals surface area contributed by atoms with Crippen LogP contribution in [0.25, 0.3) is 11.3 Å². The van der Waals surface area contributed by atoms with E-state index in [-0.39, 0.29) is 24.5 Å². The van der Waals surface area contributed by atoms with Gasteiger partial charge in [0.15, 0.2) is 11.5 Å². The van der Waals surface area contributed by atoms with E-state index >= 15 is 0 Å². The summed E-state index contributed by atoms with van der Waals surface area (Å²) in [5, 5.41) is 2.70. The molecule has 0 radical (unpaired) electrons. The lowest BCUT2D eigenvalue weighted by molar-refractivity contribution is -0.119. The van der Waals surface area contributed by atoms with E-state index < -0.39 is 17.5 Å². The summed E-state index contributed by atoms with van der Waals surface area (Å²) in [5.41, 5.74) is 22.0. The molecule has 13 heteroatoms. The number of nitrogens with zero attached hydrogens (tertiary/aromatic N) is 3. The molecule has 0 aliphatic carbocycles. The molecule has 7 N–H and O–H groups in total. The number of ether oxygens (including phenoxy) is 2. The lowest BCUT2D eigenvalue weighted by Gasteiger charge is -2.25. The Balaban J connectivity index is 1.85.